The molecule has 0 radical (unpaired) electrons. The van der Waals surface area contributed by atoms with E-state index in [2.05, 4.69) is 24.4 Å². The Bertz CT molecular complexity index is 507. The van der Waals surface area contributed by atoms with Gasteiger partial charge in [0.25, 0.3) is 0 Å². The Morgan fingerprint density at radius 3 is 3.00 bits per heavy atom. The average Bonchev–Trinajstić information content (AvgIpc) is 2.86. The monoisotopic (exact) mass is 245 g/mol. The third-order valence-corrected chi connectivity index (χ3v) is 3.09. The molecule has 0 aliphatic carbocycles. The lowest BCUT2D eigenvalue weighted by Crippen LogP contribution is -2.49. The number of imidazole rings is 1. The number of hydrogen-bond acceptors (Lipinski definition) is 5. The Kier molecular flexibility index (Phi) is 2.84. The van der Waals surface area contributed by atoms with Crippen molar-refractivity contribution in [2.24, 2.45) is 5.92 Å². The van der Waals surface area contributed by atoms with Gasteiger partial charge in [-0.15, -0.1) is 0 Å². The molecule has 1 aliphatic rings. The van der Waals surface area contributed by atoms with Crippen LogP contribution in [0.5, 0.6) is 5.88 Å². The van der Waals surface area contributed by atoms with Crippen LogP contribution in [0.3, 0.4) is 0 Å². The standard InChI is InChI=1S/C12H15N5O/c1-18-11-2-3-14-12(15-11)17-7-10(8-17)6-16-5-4-13-9-16/h2-5,9-10H,6-8H2,1H3. The first-order chi connectivity index (χ1) is 8.85. The quantitative estimate of drug-likeness (QED) is 0.798. The van der Waals surface area contributed by atoms with Crippen molar-refractivity contribution < 1.29 is 4.74 Å². The van der Waals surface area contributed by atoms with E-state index in [4.69, 9.17) is 4.74 Å². The maximum Gasteiger partial charge on any atom is 0.228 e. The van der Waals surface area contributed by atoms with E-state index in [0.717, 1.165) is 25.6 Å². The van der Waals surface area contributed by atoms with E-state index < -0.39 is 0 Å². The van der Waals surface area contributed by atoms with Crippen LogP contribution in [-0.2, 0) is 6.54 Å². The summed E-state index contributed by atoms with van der Waals surface area (Å²) in [4.78, 5) is 14.8. The van der Waals surface area contributed by atoms with E-state index in [1.165, 1.54) is 0 Å². The molecule has 94 valence electrons. The first kappa shape index (κ1) is 11.0. The van der Waals surface area contributed by atoms with Gasteiger partial charge in [0.05, 0.1) is 13.4 Å². The second-order valence-corrected chi connectivity index (χ2v) is 4.43. The van der Waals surface area contributed by atoms with E-state index in [1.54, 1.807) is 19.4 Å². The lowest BCUT2D eigenvalue weighted by atomic mass is 10.0. The van der Waals surface area contributed by atoms with Gasteiger partial charge < -0.3 is 14.2 Å². The van der Waals surface area contributed by atoms with Crippen LogP contribution in [0, 0.1) is 5.92 Å². The summed E-state index contributed by atoms with van der Waals surface area (Å²) in [7, 11) is 1.62. The molecule has 1 fully saturated rings. The highest BCUT2D eigenvalue weighted by Gasteiger charge is 2.28. The zero-order valence-corrected chi connectivity index (χ0v) is 10.2. The molecule has 0 bridgehead atoms. The lowest BCUT2D eigenvalue weighted by Gasteiger charge is -2.39. The van der Waals surface area contributed by atoms with Crippen LogP contribution in [-0.4, -0.2) is 39.7 Å². The molecule has 0 amide bonds. The van der Waals surface area contributed by atoms with E-state index in [9.17, 15) is 0 Å². The zero-order chi connectivity index (χ0) is 12.4. The molecule has 2 aromatic heterocycles. The molecule has 3 rings (SSSR count). The molecule has 0 N–H and O–H groups in total. The maximum atomic E-state index is 5.10. The van der Waals surface area contributed by atoms with Crippen molar-refractivity contribution in [2.75, 3.05) is 25.1 Å². The minimum absolute atomic E-state index is 0.609. The van der Waals surface area contributed by atoms with Crippen LogP contribution in [0.25, 0.3) is 0 Å². The highest BCUT2D eigenvalue weighted by molar-refractivity contribution is 5.35. The predicted molar refractivity (Wildman–Crippen MR) is 66.5 cm³/mol. The van der Waals surface area contributed by atoms with Crippen LogP contribution >= 0.6 is 0 Å². The fourth-order valence-corrected chi connectivity index (χ4v) is 2.14. The molecular formula is C12H15N5O. The minimum Gasteiger partial charge on any atom is -0.481 e. The van der Waals surface area contributed by atoms with E-state index in [1.807, 2.05) is 18.7 Å². The third kappa shape index (κ3) is 2.13. The van der Waals surface area contributed by atoms with Crippen molar-refractivity contribution in [1.29, 1.82) is 0 Å². The second-order valence-electron chi connectivity index (χ2n) is 4.43. The molecule has 0 atom stereocenters. The van der Waals surface area contributed by atoms with Crippen molar-refractivity contribution in [1.82, 2.24) is 19.5 Å². The highest BCUT2D eigenvalue weighted by atomic mass is 16.5. The van der Waals surface area contributed by atoms with Gasteiger partial charge in [0.15, 0.2) is 0 Å². The lowest BCUT2D eigenvalue weighted by molar-refractivity contribution is 0.348. The Morgan fingerprint density at radius 1 is 1.39 bits per heavy atom. The number of anilines is 1. The topological polar surface area (TPSA) is 56.1 Å². The fraction of sp³-hybridized carbons (Fsp3) is 0.417. The van der Waals surface area contributed by atoms with Gasteiger partial charge in [0, 0.05) is 50.2 Å². The van der Waals surface area contributed by atoms with Crippen molar-refractivity contribution in [3.05, 3.63) is 31.0 Å². The number of methoxy groups -OCH3 is 1. The average molecular weight is 245 g/mol. The minimum atomic E-state index is 0.609. The summed E-state index contributed by atoms with van der Waals surface area (Å²) in [5.74, 6) is 1.99. The maximum absolute atomic E-state index is 5.10. The molecule has 1 saturated heterocycles. The summed E-state index contributed by atoms with van der Waals surface area (Å²) >= 11 is 0. The molecule has 0 saturated carbocycles. The smallest absolute Gasteiger partial charge is 0.228 e. The van der Waals surface area contributed by atoms with Gasteiger partial charge in [-0.3, -0.25) is 0 Å². The number of nitrogens with zero attached hydrogens (tertiary/aromatic N) is 5. The summed E-state index contributed by atoms with van der Waals surface area (Å²) in [5, 5.41) is 0. The molecule has 18 heavy (non-hydrogen) atoms. The second kappa shape index (κ2) is 4.64. The largest absolute Gasteiger partial charge is 0.481 e. The van der Waals surface area contributed by atoms with Crippen molar-refractivity contribution in [3.63, 3.8) is 0 Å². The Labute approximate surface area is 105 Å². The molecule has 3 heterocycles. The van der Waals surface area contributed by atoms with Gasteiger partial charge in [-0.2, -0.15) is 4.98 Å². The Hall–Kier alpha value is -2.11. The fourth-order valence-electron chi connectivity index (χ4n) is 2.14. The SMILES string of the molecule is COc1ccnc(N2CC(Cn3ccnc3)C2)n1. The highest BCUT2D eigenvalue weighted by Crippen LogP contribution is 2.23. The van der Waals surface area contributed by atoms with Crippen LogP contribution in [0.4, 0.5) is 5.95 Å². The van der Waals surface area contributed by atoms with Crippen molar-refractivity contribution in [2.45, 2.75) is 6.54 Å². The van der Waals surface area contributed by atoms with Gasteiger partial charge in [-0.1, -0.05) is 0 Å². The molecule has 0 aromatic carbocycles. The summed E-state index contributed by atoms with van der Waals surface area (Å²) in [6.07, 6.45) is 7.38. The number of hydrogen-bond donors (Lipinski definition) is 0. The van der Waals surface area contributed by atoms with Gasteiger partial charge in [-0.25, -0.2) is 9.97 Å². The predicted octanol–water partition coefficient (Wildman–Crippen LogP) is 0.818. The van der Waals surface area contributed by atoms with Crippen molar-refractivity contribution in [3.8, 4) is 5.88 Å². The van der Waals surface area contributed by atoms with E-state index >= 15 is 0 Å². The molecule has 6 nitrogen and oxygen atoms in total. The Morgan fingerprint density at radius 2 is 2.28 bits per heavy atom. The van der Waals surface area contributed by atoms with Gasteiger partial charge >= 0.3 is 0 Å². The first-order valence-electron chi connectivity index (χ1n) is 5.93. The molecule has 1 aliphatic heterocycles. The first-order valence-corrected chi connectivity index (χ1v) is 5.93. The molecule has 6 heteroatoms. The molecule has 0 unspecified atom stereocenters. The summed E-state index contributed by atoms with van der Waals surface area (Å²) in [6, 6.07) is 1.76. The zero-order valence-electron chi connectivity index (χ0n) is 10.2. The number of rotatable bonds is 4. The van der Waals surface area contributed by atoms with Crippen LogP contribution in [0.15, 0.2) is 31.0 Å². The van der Waals surface area contributed by atoms with Gasteiger partial charge in [-0.05, 0) is 0 Å². The van der Waals surface area contributed by atoms with E-state index in [0.29, 0.717) is 11.8 Å². The molecular weight excluding hydrogens is 230 g/mol. The summed E-state index contributed by atoms with van der Waals surface area (Å²) in [6.45, 7) is 2.96. The van der Waals surface area contributed by atoms with Gasteiger partial charge in [0.1, 0.15) is 0 Å². The molecule has 2 aromatic rings. The van der Waals surface area contributed by atoms with E-state index in [-0.39, 0.29) is 0 Å². The van der Waals surface area contributed by atoms with Crippen molar-refractivity contribution >= 4 is 5.95 Å². The normalized spacial score (nSPS) is 15.5. The molecule has 0 spiro atoms. The van der Waals surface area contributed by atoms with Crippen LogP contribution in [0.2, 0.25) is 0 Å². The Balaban J connectivity index is 1.58. The van der Waals surface area contributed by atoms with Crippen LogP contribution in [0.1, 0.15) is 0 Å². The number of ether oxygens (including phenoxy) is 1. The number of aromatic nitrogens is 4. The van der Waals surface area contributed by atoms with Gasteiger partial charge in [0.2, 0.25) is 11.8 Å². The third-order valence-electron chi connectivity index (χ3n) is 3.09. The summed E-state index contributed by atoms with van der Waals surface area (Å²) in [5.41, 5.74) is 0. The van der Waals surface area contributed by atoms with Crippen LogP contribution < -0.4 is 9.64 Å². The summed E-state index contributed by atoms with van der Waals surface area (Å²) < 4.78 is 7.20.